The first-order valence-electron chi connectivity index (χ1n) is 5.52. The van der Waals surface area contributed by atoms with Crippen molar-refractivity contribution in [2.75, 3.05) is 11.6 Å². The largest absolute Gasteiger partial charge is 0.480 e. The van der Waals surface area contributed by atoms with Crippen LogP contribution in [0, 0.1) is 15.9 Å². The van der Waals surface area contributed by atoms with Gasteiger partial charge in [-0.25, -0.2) is 8.42 Å². The van der Waals surface area contributed by atoms with Crippen LogP contribution in [-0.2, 0) is 14.8 Å². The van der Waals surface area contributed by atoms with Gasteiger partial charge in [0.2, 0.25) is 5.82 Å². The Labute approximate surface area is 122 Å². The number of para-hydroxylation sites is 1. The average molecular weight is 336 g/mol. The lowest BCUT2D eigenvalue weighted by Crippen LogP contribution is -2.41. The van der Waals surface area contributed by atoms with Crippen LogP contribution in [0.15, 0.2) is 23.1 Å². The van der Waals surface area contributed by atoms with Gasteiger partial charge in [0.05, 0.1) is 10.8 Å². The Kier molecular flexibility index (Phi) is 4.16. The van der Waals surface area contributed by atoms with Crippen LogP contribution in [0.1, 0.15) is 0 Å². The average Bonchev–Trinajstić information content (AvgIpc) is 2.87. The van der Waals surface area contributed by atoms with E-state index >= 15 is 0 Å². The summed E-state index contributed by atoms with van der Waals surface area (Å²) >= 11 is 1.06. The van der Waals surface area contributed by atoms with Crippen molar-refractivity contribution < 1.29 is 27.6 Å². The number of rotatable bonds is 4. The van der Waals surface area contributed by atoms with Crippen LogP contribution >= 0.6 is 11.8 Å². The zero-order chi connectivity index (χ0) is 15.8. The van der Waals surface area contributed by atoms with Crippen LogP contribution in [0.2, 0.25) is 0 Å². The first kappa shape index (κ1) is 15.7. The number of nitro groups is 1. The second-order valence-electron chi connectivity index (χ2n) is 4.09. The van der Waals surface area contributed by atoms with Crippen molar-refractivity contribution in [2.24, 2.45) is 0 Å². The smallest absolute Gasteiger partial charge is 0.324 e. The lowest BCUT2D eigenvalue weighted by Gasteiger charge is -2.19. The lowest BCUT2D eigenvalue weighted by atomic mass is 10.3. The Morgan fingerprint density at radius 3 is 2.76 bits per heavy atom. The number of carbonyl (C=O) groups is 1. The number of hydrogen-bond donors (Lipinski definition) is 1. The van der Waals surface area contributed by atoms with Crippen molar-refractivity contribution in [3.63, 3.8) is 0 Å². The molecule has 1 N–H and O–H groups in total. The van der Waals surface area contributed by atoms with Crippen molar-refractivity contribution in [1.29, 1.82) is 0 Å². The Morgan fingerprint density at radius 1 is 1.52 bits per heavy atom. The minimum absolute atomic E-state index is 0.0255. The number of benzene rings is 1. The molecule has 21 heavy (non-hydrogen) atoms. The van der Waals surface area contributed by atoms with Crippen LogP contribution in [0.4, 0.5) is 10.1 Å². The van der Waals surface area contributed by atoms with Gasteiger partial charge in [-0.05, 0) is 12.1 Å². The monoisotopic (exact) mass is 336 g/mol. The molecule has 0 saturated carbocycles. The van der Waals surface area contributed by atoms with Crippen molar-refractivity contribution in [3.8, 4) is 0 Å². The van der Waals surface area contributed by atoms with Crippen molar-refractivity contribution in [2.45, 2.75) is 10.9 Å². The Balaban J connectivity index is 2.58. The molecule has 1 aliphatic rings. The normalized spacial score (nSPS) is 19.6. The summed E-state index contributed by atoms with van der Waals surface area (Å²) in [4.78, 5) is 19.9. The first-order valence-corrected chi connectivity index (χ1v) is 8.11. The van der Waals surface area contributed by atoms with Gasteiger partial charge >= 0.3 is 11.7 Å². The minimum atomic E-state index is -4.48. The van der Waals surface area contributed by atoms with Gasteiger partial charge in [0.15, 0.2) is 4.90 Å². The van der Waals surface area contributed by atoms with Crippen LogP contribution in [0.3, 0.4) is 0 Å². The number of aliphatic carboxylic acids is 1. The highest BCUT2D eigenvalue weighted by Crippen LogP contribution is 2.33. The molecule has 0 spiro atoms. The standard InChI is InChI=1S/C10H9FN2O6S2/c11-6-2-1-3-8(9(6)13(16)17)21(18,19)12-5-20-4-7(12)10(14)15/h1-3,7H,4-5H2,(H,14,15)/t7-/m0/s1. The van der Waals surface area contributed by atoms with Crippen molar-refractivity contribution in [3.05, 3.63) is 34.1 Å². The van der Waals surface area contributed by atoms with Gasteiger partial charge in [0, 0.05) is 5.75 Å². The highest BCUT2D eigenvalue weighted by Gasteiger charge is 2.43. The number of carboxylic acid groups (broad SMARTS) is 1. The SMILES string of the molecule is O=C(O)[C@@H]1CSCN1S(=O)(=O)c1cccc(F)c1[N+](=O)[O-]. The molecule has 2 rings (SSSR count). The highest BCUT2D eigenvalue weighted by molar-refractivity contribution is 8.00. The van der Waals surface area contributed by atoms with Crippen molar-refractivity contribution >= 4 is 33.4 Å². The summed E-state index contributed by atoms with van der Waals surface area (Å²) in [7, 11) is -4.48. The molecule has 1 heterocycles. The van der Waals surface area contributed by atoms with Crippen LogP contribution in [-0.4, -0.2) is 46.4 Å². The summed E-state index contributed by atoms with van der Waals surface area (Å²) in [6, 6.07) is 1.35. The maximum atomic E-state index is 13.5. The summed E-state index contributed by atoms with van der Waals surface area (Å²) in [6.07, 6.45) is 0. The molecule has 11 heteroatoms. The second kappa shape index (κ2) is 5.58. The van der Waals surface area contributed by atoms with E-state index in [2.05, 4.69) is 0 Å². The molecular weight excluding hydrogens is 327 g/mol. The number of halogens is 1. The molecule has 1 aromatic rings. The number of hydrogen-bond acceptors (Lipinski definition) is 6. The van der Waals surface area contributed by atoms with E-state index in [1.54, 1.807) is 0 Å². The Morgan fingerprint density at radius 2 is 2.19 bits per heavy atom. The predicted molar refractivity (Wildman–Crippen MR) is 70.8 cm³/mol. The molecule has 8 nitrogen and oxygen atoms in total. The van der Waals surface area contributed by atoms with Gasteiger partial charge in [-0.15, -0.1) is 11.8 Å². The van der Waals surface area contributed by atoms with E-state index in [4.69, 9.17) is 5.11 Å². The number of nitro benzene ring substituents is 1. The summed E-state index contributed by atoms with van der Waals surface area (Å²) < 4.78 is 39.0. The first-order chi connectivity index (χ1) is 9.76. The molecule has 0 aromatic heterocycles. The topological polar surface area (TPSA) is 118 Å². The molecule has 1 aromatic carbocycles. The van der Waals surface area contributed by atoms with E-state index < -0.39 is 43.4 Å². The van der Waals surface area contributed by atoms with Gasteiger partial charge in [-0.3, -0.25) is 14.9 Å². The van der Waals surface area contributed by atoms with Crippen LogP contribution in [0.25, 0.3) is 0 Å². The summed E-state index contributed by atoms with van der Waals surface area (Å²) in [5.74, 6) is -2.78. The zero-order valence-corrected chi connectivity index (χ0v) is 11.9. The third-order valence-electron chi connectivity index (χ3n) is 2.85. The summed E-state index contributed by atoms with van der Waals surface area (Å²) in [5, 5.41) is 19.9. The summed E-state index contributed by atoms with van der Waals surface area (Å²) in [5.41, 5.74) is -1.18. The fraction of sp³-hybridized carbons (Fsp3) is 0.300. The van der Waals surface area contributed by atoms with Gasteiger partial charge in [0.1, 0.15) is 6.04 Å². The number of sulfonamides is 1. The van der Waals surface area contributed by atoms with Crippen LogP contribution in [0.5, 0.6) is 0 Å². The van der Waals surface area contributed by atoms with E-state index in [1.165, 1.54) is 0 Å². The molecule has 0 bridgehead atoms. The number of nitrogens with zero attached hydrogens (tertiary/aromatic N) is 2. The maximum Gasteiger partial charge on any atom is 0.324 e. The lowest BCUT2D eigenvalue weighted by molar-refractivity contribution is -0.390. The van der Waals surface area contributed by atoms with Gasteiger partial charge in [-0.2, -0.15) is 8.70 Å². The van der Waals surface area contributed by atoms with E-state index in [0.29, 0.717) is 4.31 Å². The molecule has 1 atom stereocenters. The van der Waals surface area contributed by atoms with E-state index in [-0.39, 0.29) is 11.6 Å². The fourth-order valence-electron chi connectivity index (χ4n) is 1.87. The molecule has 0 unspecified atom stereocenters. The molecule has 1 saturated heterocycles. The predicted octanol–water partition coefficient (Wildman–Crippen LogP) is 0.882. The fourth-order valence-corrected chi connectivity index (χ4v) is 5.17. The van der Waals surface area contributed by atoms with Gasteiger partial charge in [0.25, 0.3) is 10.0 Å². The second-order valence-corrected chi connectivity index (χ2v) is 6.95. The Hall–Kier alpha value is -1.72. The van der Waals surface area contributed by atoms with Crippen molar-refractivity contribution in [1.82, 2.24) is 4.31 Å². The third-order valence-corrected chi connectivity index (χ3v) is 5.91. The highest BCUT2D eigenvalue weighted by atomic mass is 32.2. The quantitative estimate of drug-likeness (QED) is 0.640. The van der Waals surface area contributed by atoms with E-state index in [9.17, 15) is 27.7 Å². The molecular formula is C10H9FN2O6S2. The van der Waals surface area contributed by atoms with Crippen LogP contribution < -0.4 is 0 Å². The zero-order valence-electron chi connectivity index (χ0n) is 10.3. The van der Waals surface area contributed by atoms with E-state index in [0.717, 1.165) is 30.0 Å². The molecule has 0 radical (unpaired) electrons. The van der Waals surface area contributed by atoms with Gasteiger partial charge < -0.3 is 5.11 Å². The number of thioether (sulfide) groups is 1. The van der Waals surface area contributed by atoms with E-state index in [1.807, 2.05) is 0 Å². The molecule has 0 amide bonds. The Bertz CT molecular complexity index is 707. The third kappa shape index (κ3) is 2.71. The minimum Gasteiger partial charge on any atom is -0.480 e. The summed E-state index contributed by atoms with van der Waals surface area (Å²) in [6.45, 7) is 0. The molecule has 1 aliphatic heterocycles. The molecule has 114 valence electrons. The number of carboxylic acids is 1. The molecule has 1 fully saturated rings. The molecule has 0 aliphatic carbocycles. The maximum absolute atomic E-state index is 13.5. The van der Waals surface area contributed by atoms with Gasteiger partial charge in [-0.1, -0.05) is 6.07 Å².